The largest absolute Gasteiger partial charge is 0.371 e. The molecule has 106 valence electrons. The second kappa shape index (κ2) is 6.33. The van der Waals surface area contributed by atoms with E-state index < -0.39 is 0 Å². The van der Waals surface area contributed by atoms with Gasteiger partial charge in [0, 0.05) is 48.6 Å². The van der Waals surface area contributed by atoms with E-state index >= 15 is 0 Å². The van der Waals surface area contributed by atoms with Crippen LogP contribution in [0.4, 0.5) is 5.69 Å². The Kier molecular flexibility index (Phi) is 4.28. The number of rotatable bonds is 4. The van der Waals surface area contributed by atoms with Gasteiger partial charge in [0.25, 0.3) is 0 Å². The molecule has 1 aliphatic heterocycles. The van der Waals surface area contributed by atoms with Crippen LogP contribution in [0.3, 0.4) is 0 Å². The first-order chi connectivity index (χ1) is 9.83. The van der Waals surface area contributed by atoms with Crippen molar-refractivity contribution in [3.8, 4) is 0 Å². The van der Waals surface area contributed by atoms with E-state index in [1.54, 1.807) is 11.3 Å². The molecule has 1 saturated heterocycles. The predicted molar refractivity (Wildman–Crippen MR) is 83.2 cm³/mol. The minimum atomic E-state index is 0.620. The molecule has 1 aliphatic rings. The van der Waals surface area contributed by atoms with Crippen LogP contribution in [0.15, 0.2) is 30.0 Å². The van der Waals surface area contributed by atoms with Gasteiger partial charge in [0.05, 0.1) is 11.2 Å². The van der Waals surface area contributed by atoms with Crippen LogP contribution in [0.25, 0.3) is 0 Å². The van der Waals surface area contributed by atoms with Crippen molar-refractivity contribution < 1.29 is 0 Å². The fourth-order valence-corrected chi connectivity index (χ4v) is 3.36. The van der Waals surface area contributed by atoms with Crippen LogP contribution < -0.4 is 10.2 Å². The Balaban J connectivity index is 1.48. The van der Waals surface area contributed by atoms with Gasteiger partial charge in [0.15, 0.2) is 0 Å². The highest BCUT2D eigenvalue weighted by Gasteiger charge is 2.19. The Hall–Kier alpha value is -1.46. The van der Waals surface area contributed by atoms with Gasteiger partial charge in [-0.25, -0.2) is 4.98 Å². The van der Waals surface area contributed by atoms with E-state index in [0.29, 0.717) is 6.04 Å². The molecule has 0 amide bonds. The average Bonchev–Trinajstić information content (AvgIpc) is 2.92. The lowest BCUT2D eigenvalue weighted by Crippen LogP contribution is -2.42. The van der Waals surface area contributed by atoms with Crippen molar-refractivity contribution in [2.45, 2.75) is 32.4 Å². The summed E-state index contributed by atoms with van der Waals surface area (Å²) in [6.07, 6.45) is 6.12. The molecule has 1 fully saturated rings. The molecule has 0 unspecified atom stereocenters. The van der Waals surface area contributed by atoms with Gasteiger partial charge in [-0.1, -0.05) is 0 Å². The summed E-state index contributed by atoms with van der Waals surface area (Å²) in [6.45, 7) is 5.27. The molecule has 2 aromatic heterocycles. The van der Waals surface area contributed by atoms with Crippen molar-refractivity contribution in [3.63, 3.8) is 0 Å². The highest BCUT2D eigenvalue weighted by Crippen LogP contribution is 2.19. The van der Waals surface area contributed by atoms with Gasteiger partial charge in [-0.3, -0.25) is 4.98 Å². The fourth-order valence-electron chi connectivity index (χ4n) is 2.63. The second-order valence-electron chi connectivity index (χ2n) is 5.21. The van der Waals surface area contributed by atoms with Crippen LogP contribution in [0.5, 0.6) is 0 Å². The van der Waals surface area contributed by atoms with Crippen LogP contribution in [0.2, 0.25) is 0 Å². The summed E-state index contributed by atoms with van der Waals surface area (Å²) in [5.41, 5.74) is 4.38. The molecule has 3 heterocycles. The maximum Gasteiger partial charge on any atom is 0.0798 e. The Morgan fingerprint density at radius 3 is 2.70 bits per heavy atom. The van der Waals surface area contributed by atoms with E-state index in [2.05, 4.69) is 39.2 Å². The second-order valence-corrected chi connectivity index (χ2v) is 6.15. The molecule has 0 aromatic carbocycles. The lowest BCUT2D eigenvalue weighted by Gasteiger charge is -2.34. The first-order valence-electron chi connectivity index (χ1n) is 7.10. The third kappa shape index (κ3) is 3.16. The van der Waals surface area contributed by atoms with Gasteiger partial charge < -0.3 is 10.2 Å². The molecule has 1 N–H and O–H groups in total. The molecule has 0 aliphatic carbocycles. The summed E-state index contributed by atoms with van der Waals surface area (Å²) in [5.74, 6) is 0. The van der Waals surface area contributed by atoms with Crippen molar-refractivity contribution in [1.82, 2.24) is 15.3 Å². The van der Waals surface area contributed by atoms with Gasteiger partial charge in [-0.15, -0.1) is 11.3 Å². The van der Waals surface area contributed by atoms with Gasteiger partial charge in [-0.2, -0.15) is 0 Å². The first-order valence-corrected chi connectivity index (χ1v) is 7.98. The molecule has 0 atom stereocenters. The SMILES string of the molecule is Cc1ncsc1CNC1CCN(c2ccncc2)CC1. The number of piperidine rings is 1. The van der Waals surface area contributed by atoms with Crippen LogP contribution in [-0.2, 0) is 6.54 Å². The summed E-state index contributed by atoms with van der Waals surface area (Å²) in [7, 11) is 0. The summed E-state index contributed by atoms with van der Waals surface area (Å²) in [4.78, 5) is 12.2. The highest BCUT2D eigenvalue weighted by molar-refractivity contribution is 7.09. The Bertz CT molecular complexity index is 532. The molecule has 20 heavy (non-hydrogen) atoms. The van der Waals surface area contributed by atoms with E-state index in [0.717, 1.165) is 25.3 Å². The molecule has 5 heteroatoms. The molecule has 2 aromatic rings. The minimum absolute atomic E-state index is 0.620. The van der Waals surface area contributed by atoms with Gasteiger partial charge in [0.2, 0.25) is 0 Å². The average molecular weight is 288 g/mol. The zero-order valence-corrected chi connectivity index (χ0v) is 12.6. The maximum atomic E-state index is 4.30. The predicted octanol–water partition coefficient (Wildman–Crippen LogP) is 2.61. The molecule has 0 bridgehead atoms. The number of pyridine rings is 1. The quantitative estimate of drug-likeness (QED) is 0.939. The number of hydrogen-bond donors (Lipinski definition) is 1. The molecular formula is C15H20N4S. The van der Waals surface area contributed by atoms with Gasteiger partial charge in [0.1, 0.15) is 0 Å². The molecule has 4 nitrogen and oxygen atoms in total. The topological polar surface area (TPSA) is 41.1 Å². The Morgan fingerprint density at radius 1 is 1.30 bits per heavy atom. The number of aromatic nitrogens is 2. The minimum Gasteiger partial charge on any atom is -0.371 e. The van der Waals surface area contributed by atoms with Gasteiger partial charge >= 0.3 is 0 Å². The number of aryl methyl sites for hydroxylation is 1. The van der Waals surface area contributed by atoms with Crippen molar-refractivity contribution in [1.29, 1.82) is 0 Å². The van der Waals surface area contributed by atoms with Crippen molar-refractivity contribution in [3.05, 3.63) is 40.6 Å². The summed E-state index contributed by atoms with van der Waals surface area (Å²) in [5, 5.41) is 3.67. The Labute approximate surface area is 123 Å². The normalized spacial score (nSPS) is 16.6. The molecule has 0 saturated carbocycles. The van der Waals surface area contributed by atoms with Gasteiger partial charge in [-0.05, 0) is 31.9 Å². The fraction of sp³-hybridized carbons (Fsp3) is 0.467. The first kappa shape index (κ1) is 13.5. The zero-order valence-electron chi connectivity index (χ0n) is 11.7. The van der Waals surface area contributed by atoms with Crippen LogP contribution >= 0.6 is 11.3 Å². The third-order valence-electron chi connectivity index (χ3n) is 3.92. The third-order valence-corrected chi connectivity index (χ3v) is 4.85. The number of nitrogens with zero attached hydrogens (tertiary/aromatic N) is 3. The Morgan fingerprint density at radius 2 is 2.05 bits per heavy atom. The number of nitrogens with one attached hydrogen (secondary N) is 1. The molecule has 0 radical (unpaired) electrons. The van der Waals surface area contributed by atoms with E-state index in [1.165, 1.54) is 23.4 Å². The lowest BCUT2D eigenvalue weighted by molar-refractivity contribution is 0.415. The van der Waals surface area contributed by atoms with E-state index in [1.807, 2.05) is 17.9 Å². The highest BCUT2D eigenvalue weighted by atomic mass is 32.1. The van der Waals surface area contributed by atoms with Crippen LogP contribution in [-0.4, -0.2) is 29.1 Å². The number of anilines is 1. The van der Waals surface area contributed by atoms with E-state index in [4.69, 9.17) is 0 Å². The molecular weight excluding hydrogens is 268 g/mol. The number of thiazole rings is 1. The van der Waals surface area contributed by atoms with E-state index in [-0.39, 0.29) is 0 Å². The summed E-state index contributed by atoms with van der Waals surface area (Å²) in [6, 6.07) is 4.80. The molecule has 3 rings (SSSR count). The zero-order chi connectivity index (χ0) is 13.8. The monoisotopic (exact) mass is 288 g/mol. The smallest absolute Gasteiger partial charge is 0.0798 e. The van der Waals surface area contributed by atoms with Crippen molar-refractivity contribution in [2.24, 2.45) is 0 Å². The number of hydrogen-bond acceptors (Lipinski definition) is 5. The van der Waals surface area contributed by atoms with Crippen LogP contribution in [0.1, 0.15) is 23.4 Å². The van der Waals surface area contributed by atoms with Crippen LogP contribution in [0, 0.1) is 6.92 Å². The molecule has 0 spiro atoms. The standard InChI is InChI=1S/C15H20N4S/c1-12-15(20-11-18-12)10-17-13-4-8-19(9-5-13)14-2-6-16-7-3-14/h2-3,6-7,11,13,17H,4-5,8-10H2,1H3. The van der Waals surface area contributed by atoms with E-state index in [9.17, 15) is 0 Å². The maximum absolute atomic E-state index is 4.30. The lowest BCUT2D eigenvalue weighted by atomic mass is 10.0. The van der Waals surface area contributed by atoms with Crippen molar-refractivity contribution in [2.75, 3.05) is 18.0 Å². The summed E-state index contributed by atoms with van der Waals surface area (Å²) < 4.78 is 0. The van der Waals surface area contributed by atoms with Crippen molar-refractivity contribution >= 4 is 17.0 Å². The summed E-state index contributed by atoms with van der Waals surface area (Å²) >= 11 is 1.74.